The highest BCUT2D eigenvalue weighted by Gasteiger charge is 2.25. The topological polar surface area (TPSA) is 82.5 Å². The standard InChI is InChI=1S/C15H18N2O3/c1-9(18)15(2,3)17-13-11-7-5-4-6-10(11)8-12(16-13)14(19)20/h4-9,18H,1-3H3,(H,16,17)(H,19,20). The smallest absolute Gasteiger partial charge is 0.354 e. The number of nitrogens with one attached hydrogen (secondary N) is 1. The first-order valence-corrected chi connectivity index (χ1v) is 6.40. The van der Waals surface area contributed by atoms with E-state index in [-0.39, 0.29) is 5.69 Å². The number of carbonyl (C=O) groups is 1. The van der Waals surface area contributed by atoms with Crippen LogP contribution in [0.4, 0.5) is 5.82 Å². The third-order valence-corrected chi connectivity index (χ3v) is 3.44. The van der Waals surface area contributed by atoms with Crippen molar-refractivity contribution < 1.29 is 15.0 Å². The van der Waals surface area contributed by atoms with E-state index in [0.717, 1.165) is 10.8 Å². The molecule has 0 radical (unpaired) electrons. The molecule has 5 nitrogen and oxygen atoms in total. The normalized spacial score (nSPS) is 13.2. The van der Waals surface area contributed by atoms with Crippen molar-refractivity contribution >= 4 is 22.6 Å². The van der Waals surface area contributed by atoms with Gasteiger partial charge in [-0.15, -0.1) is 0 Å². The van der Waals surface area contributed by atoms with Crippen molar-refractivity contribution in [3.63, 3.8) is 0 Å². The number of carboxylic acids is 1. The van der Waals surface area contributed by atoms with E-state index < -0.39 is 17.6 Å². The van der Waals surface area contributed by atoms with Crippen LogP contribution in [0.2, 0.25) is 0 Å². The second-order valence-corrected chi connectivity index (χ2v) is 5.41. The number of benzene rings is 1. The summed E-state index contributed by atoms with van der Waals surface area (Å²) < 4.78 is 0. The molecule has 1 unspecified atom stereocenters. The predicted molar refractivity (Wildman–Crippen MR) is 78.1 cm³/mol. The summed E-state index contributed by atoms with van der Waals surface area (Å²) in [5, 5.41) is 23.7. The molecule has 0 aliphatic carbocycles. The van der Waals surface area contributed by atoms with Crippen LogP contribution >= 0.6 is 0 Å². The zero-order chi connectivity index (χ0) is 14.9. The molecule has 0 aliphatic rings. The van der Waals surface area contributed by atoms with E-state index in [2.05, 4.69) is 10.3 Å². The lowest BCUT2D eigenvalue weighted by Gasteiger charge is -2.30. The zero-order valence-corrected chi connectivity index (χ0v) is 11.7. The Bertz CT molecular complexity index is 651. The van der Waals surface area contributed by atoms with Crippen molar-refractivity contribution in [3.8, 4) is 0 Å². The van der Waals surface area contributed by atoms with Crippen LogP contribution in [0.25, 0.3) is 10.8 Å². The van der Waals surface area contributed by atoms with E-state index in [1.807, 2.05) is 38.1 Å². The number of aromatic nitrogens is 1. The molecular weight excluding hydrogens is 256 g/mol. The molecule has 2 aromatic rings. The van der Waals surface area contributed by atoms with Crippen molar-refractivity contribution in [2.24, 2.45) is 0 Å². The second kappa shape index (κ2) is 5.09. The lowest BCUT2D eigenvalue weighted by Crippen LogP contribution is -2.42. The van der Waals surface area contributed by atoms with Crippen molar-refractivity contribution in [1.29, 1.82) is 0 Å². The predicted octanol–water partition coefficient (Wildman–Crippen LogP) is 2.50. The number of anilines is 1. The molecule has 2 rings (SSSR count). The van der Waals surface area contributed by atoms with Crippen LogP contribution < -0.4 is 5.32 Å². The highest BCUT2D eigenvalue weighted by atomic mass is 16.4. The van der Waals surface area contributed by atoms with E-state index in [1.54, 1.807) is 6.92 Å². The average molecular weight is 274 g/mol. The number of hydrogen-bond acceptors (Lipinski definition) is 4. The summed E-state index contributed by atoms with van der Waals surface area (Å²) in [6.07, 6.45) is -0.614. The molecule has 20 heavy (non-hydrogen) atoms. The molecule has 0 saturated carbocycles. The molecule has 3 N–H and O–H groups in total. The monoisotopic (exact) mass is 274 g/mol. The van der Waals surface area contributed by atoms with Crippen LogP contribution in [0.15, 0.2) is 30.3 Å². The SMILES string of the molecule is CC(O)C(C)(C)Nc1nc(C(=O)O)cc2ccccc12. The Hall–Kier alpha value is -2.14. The van der Waals surface area contributed by atoms with E-state index in [1.165, 1.54) is 6.07 Å². The minimum Gasteiger partial charge on any atom is -0.477 e. The molecular formula is C15H18N2O3. The lowest BCUT2D eigenvalue weighted by atomic mass is 9.98. The number of hydrogen-bond donors (Lipinski definition) is 3. The number of aliphatic hydroxyl groups is 1. The fourth-order valence-electron chi connectivity index (χ4n) is 1.81. The van der Waals surface area contributed by atoms with E-state index in [0.29, 0.717) is 5.82 Å². The molecule has 0 amide bonds. The van der Waals surface area contributed by atoms with Crippen molar-refractivity contribution in [2.75, 3.05) is 5.32 Å². The first-order valence-electron chi connectivity index (χ1n) is 6.40. The number of fused-ring (bicyclic) bond motifs is 1. The van der Waals surface area contributed by atoms with E-state index in [4.69, 9.17) is 5.11 Å². The van der Waals surface area contributed by atoms with Gasteiger partial charge in [-0.3, -0.25) is 0 Å². The van der Waals surface area contributed by atoms with Crippen LogP contribution in [0.3, 0.4) is 0 Å². The molecule has 1 aromatic heterocycles. The highest BCUT2D eigenvalue weighted by molar-refractivity contribution is 5.97. The largest absolute Gasteiger partial charge is 0.477 e. The molecule has 1 atom stereocenters. The summed E-state index contributed by atoms with van der Waals surface area (Å²) >= 11 is 0. The Morgan fingerprint density at radius 3 is 2.60 bits per heavy atom. The van der Waals surface area contributed by atoms with E-state index in [9.17, 15) is 9.90 Å². The minimum absolute atomic E-state index is 0.0207. The summed E-state index contributed by atoms with van der Waals surface area (Å²) in [6.45, 7) is 5.35. The van der Waals surface area contributed by atoms with Crippen molar-refractivity contribution in [1.82, 2.24) is 4.98 Å². The summed E-state index contributed by atoms with van der Waals surface area (Å²) in [4.78, 5) is 15.3. The van der Waals surface area contributed by atoms with Crippen LogP contribution in [0.5, 0.6) is 0 Å². The maximum atomic E-state index is 11.2. The number of rotatable bonds is 4. The minimum atomic E-state index is -1.08. The quantitative estimate of drug-likeness (QED) is 0.798. The number of carboxylic acid groups (broad SMARTS) is 1. The zero-order valence-electron chi connectivity index (χ0n) is 11.7. The Kier molecular flexibility index (Phi) is 3.63. The fraction of sp³-hybridized carbons (Fsp3) is 0.333. The Morgan fingerprint density at radius 2 is 2.00 bits per heavy atom. The van der Waals surface area contributed by atoms with Crippen molar-refractivity contribution in [2.45, 2.75) is 32.4 Å². The number of pyridine rings is 1. The Morgan fingerprint density at radius 1 is 1.35 bits per heavy atom. The molecule has 0 fully saturated rings. The van der Waals surface area contributed by atoms with Crippen LogP contribution in [-0.2, 0) is 0 Å². The lowest BCUT2D eigenvalue weighted by molar-refractivity contribution is 0.0691. The maximum absolute atomic E-state index is 11.2. The third-order valence-electron chi connectivity index (χ3n) is 3.44. The number of aromatic carboxylic acids is 1. The van der Waals surface area contributed by atoms with Crippen LogP contribution in [0.1, 0.15) is 31.3 Å². The van der Waals surface area contributed by atoms with Gasteiger partial charge < -0.3 is 15.5 Å². The first-order chi connectivity index (χ1) is 9.31. The van der Waals surface area contributed by atoms with Crippen LogP contribution in [0, 0.1) is 0 Å². The van der Waals surface area contributed by atoms with Gasteiger partial charge in [0.2, 0.25) is 0 Å². The molecule has 0 aliphatic heterocycles. The summed E-state index contributed by atoms with van der Waals surface area (Å²) in [6, 6.07) is 8.96. The number of aliphatic hydroxyl groups excluding tert-OH is 1. The third kappa shape index (κ3) is 2.72. The van der Waals surface area contributed by atoms with Gasteiger partial charge in [-0.05, 0) is 32.2 Å². The molecule has 5 heteroatoms. The summed E-state index contributed by atoms with van der Waals surface area (Å²) in [5.41, 5.74) is -0.639. The van der Waals surface area contributed by atoms with Gasteiger partial charge in [0.15, 0.2) is 5.69 Å². The maximum Gasteiger partial charge on any atom is 0.354 e. The van der Waals surface area contributed by atoms with E-state index >= 15 is 0 Å². The van der Waals surface area contributed by atoms with Gasteiger partial charge in [0.05, 0.1) is 11.6 Å². The van der Waals surface area contributed by atoms with Crippen LogP contribution in [-0.4, -0.2) is 32.8 Å². The summed E-state index contributed by atoms with van der Waals surface area (Å²) in [7, 11) is 0. The molecule has 0 saturated heterocycles. The van der Waals surface area contributed by atoms with Gasteiger partial charge in [0.25, 0.3) is 0 Å². The summed E-state index contributed by atoms with van der Waals surface area (Å²) in [5.74, 6) is -0.611. The van der Waals surface area contributed by atoms with Gasteiger partial charge in [0.1, 0.15) is 5.82 Å². The van der Waals surface area contributed by atoms with Gasteiger partial charge in [-0.1, -0.05) is 24.3 Å². The Balaban J connectivity index is 2.58. The highest BCUT2D eigenvalue weighted by Crippen LogP contribution is 2.26. The van der Waals surface area contributed by atoms with Gasteiger partial charge in [-0.2, -0.15) is 0 Å². The molecule has 1 heterocycles. The first kappa shape index (κ1) is 14.3. The number of nitrogens with zero attached hydrogens (tertiary/aromatic N) is 1. The van der Waals surface area contributed by atoms with Gasteiger partial charge in [-0.25, -0.2) is 9.78 Å². The molecule has 106 valence electrons. The Labute approximate surface area is 117 Å². The molecule has 1 aromatic carbocycles. The van der Waals surface area contributed by atoms with Gasteiger partial charge in [0, 0.05) is 5.39 Å². The molecule has 0 spiro atoms. The fourth-order valence-corrected chi connectivity index (χ4v) is 1.81. The van der Waals surface area contributed by atoms with Crippen molar-refractivity contribution in [3.05, 3.63) is 36.0 Å². The molecule has 0 bridgehead atoms. The average Bonchev–Trinajstić information content (AvgIpc) is 2.37. The second-order valence-electron chi connectivity index (χ2n) is 5.41. The van der Waals surface area contributed by atoms with Gasteiger partial charge >= 0.3 is 5.97 Å².